The number of aliphatic imine (C=N–C) groups is 1. The Balaban J connectivity index is 0.00000208. The Bertz CT molecular complexity index is 692. The van der Waals surface area contributed by atoms with E-state index >= 15 is 0 Å². The second-order valence-electron chi connectivity index (χ2n) is 6.33. The Morgan fingerprint density at radius 3 is 2.29 bits per heavy atom. The van der Waals surface area contributed by atoms with Crippen molar-refractivity contribution in [1.82, 2.24) is 0 Å². The molecule has 5 heteroatoms. The minimum absolute atomic E-state index is 0. The molecule has 128 valence electrons. The van der Waals surface area contributed by atoms with Crippen molar-refractivity contribution in [3.63, 3.8) is 0 Å². The molecule has 0 aromatic heterocycles. The lowest BCUT2D eigenvalue weighted by atomic mass is 9.64. The fourth-order valence-corrected chi connectivity index (χ4v) is 3.01. The Morgan fingerprint density at radius 1 is 1.12 bits per heavy atom. The topological polar surface area (TPSA) is 50.4 Å². The van der Waals surface area contributed by atoms with Crippen LogP contribution in [0.5, 0.6) is 0 Å². The van der Waals surface area contributed by atoms with Crippen LogP contribution in [0, 0.1) is 12.7 Å². The number of halogens is 2. The highest BCUT2D eigenvalue weighted by atomic mass is 127. The van der Waals surface area contributed by atoms with Gasteiger partial charge >= 0.3 is 0 Å². The van der Waals surface area contributed by atoms with E-state index in [1.807, 2.05) is 43.3 Å². The van der Waals surface area contributed by atoms with Crippen LogP contribution in [0.25, 0.3) is 0 Å². The molecule has 1 saturated carbocycles. The zero-order valence-corrected chi connectivity index (χ0v) is 16.1. The van der Waals surface area contributed by atoms with Crippen LogP contribution in [-0.2, 0) is 5.41 Å². The molecular formula is C19H23FIN3. The predicted molar refractivity (Wildman–Crippen MR) is 109 cm³/mol. The average molecular weight is 439 g/mol. The number of rotatable bonds is 4. The van der Waals surface area contributed by atoms with E-state index < -0.39 is 0 Å². The highest BCUT2D eigenvalue weighted by Crippen LogP contribution is 2.44. The van der Waals surface area contributed by atoms with Crippen molar-refractivity contribution in [2.45, 2.75) is 31.6 Å². The molecule has 0 unspecified atom stereocenters. The van der Waals surface area contributed by atoms with Gasteiger partial charge in [-0.2, -0.15) is 0 Å². The molecule has 2 aromatic carbocycles. The van der Waals surface area contributed by atoms with Gasteiger partial charge in [0.05, 0.1) is 6.54 Å². The van der Waals surface area contributed by atoms with Crippen molar-refractivity contribution in [2.75, 3.05) is 11.9 Å². The van der Waals surface area contributed by atoms with Crippen molar-refractivity contribution in [2.24, 2.45) is 10.7 Å². The second-order valence-corrected chi connectivity index (χ2v) is 6.33. The fraction of sp³-hybridized carbons (Fsp3) is 0.316. The normalized spacial score (nSPS) is 16.0. The zero-order chi connectivity index (χ0) is 16.3. The third-order valence-electron chi connectivity index (χ3n) is 4.64. The highest BCUT2D eigenvalue weighted by molar-refractivity contribution is 14.0. The average Bonchev–Trinajstić information content (AvgIpc) is 2.50. The van der Waals surface area contributed by atoms with Gasteiger partial charge in [0.15, 0.2) is 5.96 Å². The van der Waals surface area contributed by atoms with Crippen molar-refractivity contribution in [3.05, 3.63) is 65.5 Å². The molecule has 0 bridgehead atoms. The summed E-state index contributed by atoms with van der Waals surface area (Å²) >= 11 is 0. The van der Waals surface area contributed by atoms with E-state index in [-0.39, 0.29) is 35.2 Å². The molecule has 1 aliphatic carbocycles. The number of hydrogen-bond acceptors (Lipinski definition) is 1. The van der Waals surface area contributed by atoms with E-state index in [4.69, 9.17) is 5.73 Å². The molecule has 0 aliphatic heterocycles. The first-order chi connectivity index (χ1) is 11.1. The third-order valence-corrected chi connectivity index (χ3v) is 4.64. The number of benzene rings is 2. The van der Waals surface area contributed by atoms with E-state index in [9.17, 15) is 4.39 Å². The van der Waals surface area contributed by atoms with Crippen LogP contribution >= 0.6 is 24.0 Å². The van der Waals surface area contributed by atoms with Crippen LogP contribution in [0.4, 0.5) is 10.1 Å². The van der Waals surface area contributed by atoms with Crippen molar-refractivity contribution >= 4 is 35.6 Å². The maximum Gasteiger partial charge on any atom is 0.193 e. The zero-order valence-electron chi connectivity index (χ0n) is 13.8. The summed E-state index contributed by atoms with van der Waals surface area (Å²) in [4.78, 5) is 4.52. The van der Waals surface area contributed by atoms with Crippen LogP contribution in [0.15, 0.2) is 53.5 Å². The summed E-state index contributed by atoms with van der Waals surface area (Å²) in [6.45, 7) is 2.67. The van der Waals surface area contributed by atoms with Gasteiger partial charge in [0.2, 0.25) is 0 Å². The summed E-state index contributed by atoms with van der Waals surface area (Å²) in [5.74, 6) is 0.217. The van der Waals surface area contributed by atoms with Gasteiger partial charge in [0.25, 0.3) is 0 Å². The maximum absolute atomic E-state index is 13.1. The molecule has 0 radical (unpaired) electrons. The van der Waals surface area contributed by atoms with Crippen LogP contribution < -0.4 is 11.1 Å². The van der Waals surface area contributed by atoms with Gasteiger partial charge < -0.3 is 11.1 Å². The van der Waals surface area contributed by atoms with Gasteiger partial charge in [-0.1, -0.05) is 36.2 Å². The Morgan fingerprint density at radius 2 is 1.75 bits per heavy atom. The lowest BCUT2D eigenvalue weighted by molar-refractivity contribution is 0.253. The van der Waals surface area contributed by atoms with E-state index in [0.29, 0.717) is 12.5 Å². The Hall–Kier alpha value is -1.63. The number of guanidine groups is 1. The number of nitrogens with one attached hydrogen (secondary N) is 1. The third kappa shape index (κ3) is 4.26. The number of anilines is 1. The molecule has 0 spiro atoms. The molecule has 3 N–H and O–H groups in total. The second kappa shape index (κ2) is 7.96. The first-order valence-corrected chi connectivity index (χ1v) is 7.97. The molecule has 2 aromatic rings. The van der Waals surface area contributed by atoms with Gasteiger partial charge in [0, 0.05) is 11.1 Å². The summed E-state index contributed by atoms with van der Waals surface area (Å²) in [6.07, 6.45) is 3.32. The highest BCUT2D eigenvalue weighted by Gasteiger charge is 2.38. The Kier molecular flexibility index (Phi) is 6.21. The van der Waals surface area contributed by atoms with Crippen molar-refractivity contribution in [1.29, 1.82) is 0 Å². The molecule has 0 atom stereocenters. The number of nitrogens with two attached hydrogens (primary N) is 1. The molecule has 24 heavy (non-hydrogen) atoms. The van der Waals surface area contributed by atoms with E-state index in [0.717, 1.165) is 24.1 Å². The SMILES string of the molecule is Cc1ccc(NC(N)=NCC2(c3ccc(F)cc3)CCC2)cc1.I. The van der Waals surface area contributed by atoms with Gasteiger partial charge in [-0.3, -0.25) is 4.99 Å². The first-order valence-electron chi connectivity index (χ1n) is 7.97. The number of hydrogen-bond donors (Lipinski definition) is 2. The van der Waals surface area contributed by atoms with Crippen LogP contribution in [-0.4, -0.2) is 12.5 Å². The van der Waals surface area contributed by atoms with Gasteiger partial charge in [-0.05, 0) is 49.6 Å². The molecule has 0 saturated heterocycles. The molecule has 1 fully saturated rings. The van der Waals surface area contributed by atoms with Crippen molar-refractivity contribution in [3.8, 4) is 0 Å². The van der Waals surface area contributed by atoms with E-state index in [2.05, 4.69) is 10.3 Å². The van der Waals surface area contributed by atoms with E-state index in [1.165, 1.54) is 24.1 Å². The lowest BCUT2D eigenvalue weighted by Gasteiger charge is -2.41. The smallest absolute Gasteiger partial charge is 0.193 e. The van der Waals surface area contributed by atoms with Crippen molar-refractivity contribution < 1.29 is 4.39 Å². The molecule has 0 heterocycles. The monoisotopic (exact) mass is 439 g/mol. The summed E-state index contributed by atoms with van der Waals surface area (Å²) < 4.78 is 13.1. The summed E-state index contributed by atoms with van der Waals surface area (Å²) in [5, 5.41) is 3.12. The molecule has 3 rings (SSSR count). The fourth-order valence-electron chi connectivity index (χ4n) is 3.01. The molecule has 1 aliphatic rings. The van der Waals surface area contributed by atoms with Gasteiger partial charge in [-0.25, -0.2) is 4.39 Å². The standard InChI is InChI=1S/C19H22FN3.HI/c1-14-3-9-17(10-4-14)23-18(21)22-13-19(11-2-12-19)15-5-7-16(20)8-6-15;/h3-10H,2,11-13H2,1H3,(H3,21,22,23);1H. The van der Waals surface area contributed by atoms with Gasteiger partial charge in [0.1, 0.15) is 5.82 Å². The van der Waals surface area contributed by atoms with Crippen LogP contribution in [0.1, 0.15) is 30.4 Å². The van der Waals surface area contributed by atoms with Gasteiger partial charge in [-0.15, -0.1) is 24.0 Å². The van der Waals surface area contributed by atoms with Crippen LogP contribution in [0.3, 0.4) is 0 Å². The maximum atomic E-state index is 13.1. The first kappa shape index (κ1) is 18.7. The van der Waals surface area contributed by atoms with Crippen LogP contribution in [0.2, 0.25) is 0 Å². The number of nitrogens with zero attached hydrogens (tertiary/aromatic N) is 1. The lowest BCUT2D eigenvalue weighted by Crippen LogP contribution is -2.38. The molecular weight excluding hydrogens is 416 g/mol. The number of aryl methyl sites for hydroxylation is 1. The summed E-state index contributed by atoms with van der Waals surface area (Å²) in [6, 6.07) is 14.8. The largest absolute Gasteiger partial charge is 0.370 e. The minimum atomic E-state index is -0.202. The Labute approximate surface area is 159 Å². The van der Waals surface area contributed by atoms with E-state index in [1.54, 1.807) is 0 Å². The predicted octanol–water partition coefficient (Wildman–Crippen LogP) is 4.60. The molecule has 0 amide bonds. The quantitative estimate of drug-likeness (QED) is 0.416. The summed E-state index contributed by atoms with van der Waals surface area (Å²) in [7, 11) is 0. The molecule has 3 nitrogen and oxygen atoms in total. The summed E-state index contributed by atoms with van der Waals surface area (Å²) in [5.41, 5.74) is 9.30. The minimum Gasteiger partial charge on any atom is -0.370 e.